The van der Waals surface area contributed by atoms with Gasteiger partial charge in [0.1, 0.15) is 11.4 Å². The van der Waals surface area contributed by atoms with Crippen molar-refractivity contribution < 1.29 is 24.5 Å². The minimum atomic E-state index is -1.62. The zero-order chi connectivity index (χ0) is 22.8. The minimum absolute atomic E-state index is 0. The van der Waals surface area contributed by atoms with Crippen LogP contribution in [0.4, 0.5) is 0 Å². The standard InChI is InChI=1S/C27H28N3OSi.Ir/c1-15-14-28-25(16(2)23(15)26-17(3)29-18(4)30-26)20-12-13-22(32(5,6)7)24-19-10-8-9-11-21(19)31-27(20)24;/h8-11,13-14,17H,1-7H3;/q-1;. The topological polar surface area (TPSA) is 50.8 Å². The molecular formula is C27H28IrN3OSi-. The van der Waals surface area contributed by atoms with Gasteiger partial charge < -0.3 is 9.40 Å². The van der Waals surface area contributed by atoms with Crippen molar-refractivity contribution in [3.05, 3.63) is 59.3 Å². The molecule has 2 aromatic heterocycles. The maximum Gasteiger partial charge on any atom is 0.121 e. The predicted molar refractivity (Wildman–Crippen MR) is 137 cm³/mol. The summed E-state index contributed by atoms with van der Waals surface area (Å²) in [4.78, 5) is 14.2. The van der Waals surface area contributed by atoms with Crippen molar-refractivity contribution in [1.29, 1.82) is 0 Å². The summed E-state index contributed by atoms with van der Waals surface area (Å²) in [6, 6.07) is 14.1. The second-order valence-corrected chi connectivity index (χ2v) is 14.8. The van der Waals surface area contributed by atoms with Gasteiger partial charge in [0.2, 0.25) is 0 Å². The normalized spacial score (nSPS) is 16.2. The zero-order valence-corrected chi connectivity index (χ0v) is 23.5. The molecule has 3 heterocycles. The first-order valence-corrected chi connectivity index (χ1v) is 14.6. The van der Waals surface area contributed by atoms with Crippen LogP contribution in [0, 0.1) is 19.9 Å². The molecule has 0 saturated heterocycles. The van der Waals surface area contributed by atoms with Crippen LogP contribution in [0.5, 0.6) is 0 Å². The number of hydrogen-bond donors (Lipinski definition) is 0. The van der Waals surface area contributed by atoms with Gasteiger partial charge in [0.15, 0.2) is 0 Å². The number of para-hydroxylation sites is 1. The summed E-state index contributed by atoms with van der Waals surface area (Å²) in [5.41, 5.74) is 7.96. The van der Waals surface area contributed by atoms with E-state index in [9.17, 15) is 0 Å². The fourth-order valence-corrected chi connectivity index (χ4v) is 6.33. The molecule has 1 aliphatic heterocycles. The molecule has 33 heavy (non-hydrogen) atoms. The SMILES string of the molecule is CC1=NC(C)C(c2c(C)cnc(-c3[c-]cc([Si](C)(C)C)c4c3oc3ccccc34)c2C)=N1.[Ir]. The van der Waals surface area contributed by atoms with Crippen molar-refractivity contribution in [1.82, 2.24) is 4.98 Å². The molecule has 1 aliphatic rings. The summed E-state index contributed by atoms with van der Waals surface area (Å²) in [7, 11) is -1.62. The van der Waals surface area contributed by atoms with Gasteiger partial charge >= 0.3 is 0 Å². The van der Waals surface area contributed by atoms with Crippen LogP contribution < -0.4 is 5.19 Å². The van der Waals surface area contributed by atoms with E-state index in [1.54, 1.807) is 0 Å². The van der Waals surface area contributed by atoms with Crippen molar-refractivity contribution >= 4 is 46.7 Å². The number of aryl methyl sites for hydroxylation is 1. The van der Waals surface area contributed by atoms with Crippen molar-refractivity contribution in [2.75, 3.05) is 0 Å². The van der Waals surface area contributed by atoms with Crippen LogP contribution in [-0.2, 0) is 20.1 Å². The summed E-state index contributed by atoms with van der Waals surface area (Å²) < 4.78 is 6.46. The molecule has 6 heteroatoms. The zero-order valence-electron chi connectivity index (χ0n) is 20.1. The van der Waals surface area contributed by atoms with Crippen LogP contribution >= 0.6 is 0 Å². The summed E-state index contributed by atoms with van der Waals surface area (Å²) >= 11 is 0. The summed E-state index contributed by atoms with van der Waals surface area (Å²) in [5, 5.41) is 3.74. The molecule has 1 atom stereocenters. The molecule has 0 fully saturated rings. The van der Waals surface area contributed by atoms with Gasteiger partial charge in [-0.2, -0.15) is 0 Å². The number of fused-ring (bicyclic) bond motifs is 3. The van der Waals surface area contributed by atoms with Gasteiger partial charge in [-0.3, -0.25) is 4.99 Å². The molecule has 0 aliphatic carbocycles. The first-order chi connectivity index (χ1) is 15.2. The summed E-state index contributed by atoms with van der Waals surface area (Å²) in [5.74, 6) is 0.829. The largest absolute Gasteiger partial charge is 0.501 e. The molecule has 4 nitrogen and oxygen atoms in total. The van der Waals surface area contributed by atoms with E-state index in [0.29, 0.717) is 0 Å². The third kappa shape index (κ3) is 3.84. The van der Waals surface area contributed by atoms with Crippen molar-refractivity contribution in [3.63, 3.8) is 0 Å². The van der Waals surface area contributed by atoms with Crippen molar-refractivity contribution in [2.45, 2.75) is 53.4 Å². The molecular weight excluding hydrogens is 603 g/mol. The van der Waals surface area contributed by atoms with E-state index in [1.807, 2.05) is 25.3 Å². The van der Waals surface area contributed by atoms with E-state index in [0.717, 1.165) is 56.0 Å². The first kappa shape index (κ1) is 23.7. The van der Waals surface area contributed by atoms with Gasteiger partial charge in [0.25, 0.3) is 0 Å². The average molecular weight is 631 g/mol. The number of aromatic nitrogens is 1. The van der Waals surface area contributed by atoms with Gasteiger partial charge in [-0.1, -0.05) is 54.4 Å². The van der Waals surface area contributed by atoms with E-state index < -0.39 is 8.07 Å². The molecule has 1 radical (unpaired) electrons. The predicted octanol–water partition coefficient (Wildman–Crippen LogP) is 6.22. The Labute approximate surface area is 209 Å². The van der Waals surface area contributed by atoms with E-state index in [2.05, 4.69) is 69.7 Å². The van der Waals surface area contributed by atoms with Crippen molar-refractivity contribution in [3.8, 4) is 11.3 Å². The summed E-state index contributed by atoms with van der Waals surface area (Å²) in [6.45, 7) is 15.4. The Morgan fingerprint density at radius 2 is 1.79 bits per heavy atom. The Kier molecular flexibility index (Phi) is 6.06. The van der Waals surface area contributed by atoms with E-state index in [4.69, 9.17) is 14.4 Å². The number of furan rings is 1. The molecule has 0 saturated carbocycles. The monoisotopic (exact) mass is 631 g/mol. The molecule has 1 unspecified atom stereocenters. The molecule has 171 valence electrons. The van der Waals surface area contributed by atoms with Crippen LogP contribution in [0.2, 0.25) is 19.6 Å². The van der Waals surface area contributed by atoms with Gasteiger partial charge in [0, 0.05) is 39.8 Å². The van der Waals surface area contributed by atoms with Gasteiger partial charge in [-0.25, -0.2) is 4.99 Å². The number of aliphatic imine (C=N–C) groups is 2. The quantitative estimate of drug-likeness (QED) is 0.200. The van der Waals surface area contributed by atoms with Gasteiger partial charge in [-0.05, 0) is 50.6 Å². The van der Waals surface area contributed by atoms with Crippen LogP contribution in [-0.4, -0.2) is 30.6 Å². The molecule has 0 spiro atoms. The Morgan fingerprint density at radius 1 is 1.06 bits per heavy atom. The molecule has 2 aromatic carbocycles. The van der Waals surface area contributed by atoms with Gasteiger partial charge in [-0.15, -0.1) is 17.3 Å². The number of benzene rings is 2. The van der Waals surface area contributed by atoms with Crippen LogP contribution in [0.15, 0.2) is 50.9 Å². The van der Waals surface area contributed by atoms with Crippen molar-refractivity contribution in [2.24, 2.45) is 9.98 Å². The summed E-state index contributed by atoms with van der Waals surface area (Å²) in [6.07, 6.45) is 1.94. The van der Waals surface area contributed by atoms with E-state index in [1.165, 1.54) is 10.6 Å². The van der Waals surface area contributed by atoms with Crippen LogP contribution in [0.1, 0.15) is 30.5 Å². The fourth-order valence-electron chi connectivity index (χ4n) is 4.82. The molecule has 0 amide bonds. The fraction of sp³-hybridized carbons (Fsp3) is 0.296. The second kappa shape index (κ2) is 8.43. The minimum Gasteiger partial charge on any atom is -0.501 e. The maximum absolute atomic E-state index is 6.46. The molecule has 4 aromatic rings. The van der Waals surface area contributed by atoms with Crippen LogP contribution in [0.25, 0.3) is 33.2 Å². The molecule has 5 rings (SSSR count). The Hall–Kier alpha value is -2.40. The van der Waals surface area contributed by atoms with Gasteiger partial charge in [0.05, 0.1) is 17.3 Å². The number of pyridine rings is 1. The number of nitrogens with zero attached hydrogens (tertiary/aromatic N) is 3. The first-order valence-electron chi connectivity index (χ1n) is 11.1. The third-order valence-electron chi connectivity index (χ3n) is 6.32. The van der Waals surface area contributed by atoms with E-state index >= 15 is 0 Å². The maximum atomic E-state index is 6.46. The average Bonchev–Trinajstić information content (AvgIpc) is 3.27. The number of rotatable bonds is 3. The number of amidine groups is 1. The molecule has 0 N–H and O–H groups in total. The molecule has 0 bridgehead atoms. The third-order valence-corrected chi connectivity index (χ3v) is 8.33. The van der Waals surface area contributed by atoms with E-state index in [-0.39, 0.29) is 26.1 Å². The Morgan fingerprint density at radius 3 is 2.45 bits per heavy atom. The number of hydrogen-bond acceptors (Lipinski definition) is 4. The smallest absolute Gasteiger partial charge is 0.121 e. The Balaban J connectivity index is 0.00000259. The van der Waals surface area contributed by atoms with Crippen LogP contribution in [0.3, 0.4) is 0 Å². The Bertz CT molecular complexity index is 1460. The second-order valence-electron chi connectivity index (χ2n) is 9.77.